The van der Waals surface area contributed by atoms with Crippen molar-refractivity contribution in [3.05, 3.63) is 154 Å². The molecular weight excluding hydrogens is 649 g/mol. The van der Waals surface area contributed by atoms with Gasteiger partial charge in [0, 0.05) is 43.5 Å². The Balaban J connectivity index is 1.07. The normalized spacial score (nSPS) is 13.6. The molecule has 6 aromatic rings. The Morgan fingerprint density at radius 3 is 1.90 bits per heavy atom. The van der Waals surface area contributed by atoms with Crippen molar-refractivity contribution in [3.8, 4) is 28.6 Å². The number of likely N-dealkylation sites (tertiary alicyclic amines) is 1. The second kappa shape index (κ2) is 16.7. The lowest BCUT2D eigenvalue weighted by Crippen LogP contribution is -2.34. The lowest BCUT2D eigenvalue weighted by Gasteiger charge is -2.33. The minimum absolute atomic E-state index is 0.219. The number of rotatable bonds is 14. The number of ether oxygens (including phenoxy) is 3. The number of piperidine rings is 1. The summed E-state index contributed by atoms with van der Waals surface area (Å²) in [7, 11) is 3.70. The summed E-state index contributed by atoms with van der Waals surface area (Å²) >= 11 is 0. The fraction of sp³-hybridized carbons (Fsp3) is 0.267. The zero-order valence-corrected chi connectivity index (χ0v) is 30.0. The van der Waals surface area contributed by atoms with E-state index in [1.54, 1.807) is 13.2 Å². The van der Waals surface area contributed by atoms with Crippen LogP contribution in [0.2, 0.25) is 0 Å². The van der Waals surface area contributed by atoms with Crippen molar-refractivity contribution in [2.24, 2.45) is 5.92 Å². The third-order valence-corrected chi connectivity index (χ3v) is 9.99. The topological polar surface area (TPSA) is 64.4 Å². The van der Waals surface area contributed by atoms with E-state index in [1.165, 1.54) is 30.9 Å². The number of nitrogens with zero attached hydrogens (tertiary/aromatic N) is 2. The number of methoxy groups -OCH3 is 1. The molecule has 1 aliphatic rings. The van der Waals surface area contributed by atoms with Crippen LogP contribution >= 0.6 is 0 Å². The van der Waals surface area contributed by atoms with Gasteiger partial charge in [0.05, 0.1) is 7.11 Å². The molecule has 266 valence electrons. The first-order chi connectivity index (χ1) is 25.5. The summed E-state index contributed by atoms with van der Waals surface area (Å²) in [6, 6.07) is 41.9. The Bertz CT molecular complexity index is 2090. The van der Waals surface area contributed by atoms with Gasteiger partial charge in [-0.15, -0.1) is 0 Å². The Morgan fingerprint density at radius 1 is 0.731 bits per heavy atom. The van der Waals surface area contributed by atoms with E-state index in [2.05, 4.69) is 59.3 Å². The van der Waals surface area contributed by atoms with Crippen LogP contribution < -0.4 is 24.5 Å². The Hall–Kier alpha value is -5.53. The van der Waals surface area contributed by atoms with Gasteiger partial charge in [0.2, 0.25) is 5.75 Å². The quantitative estimate of drug-likeness (QED) is 0.113. The van der Waals surface area contributed by atoms with Crippen molar-refractivity contribution in [2.75, 3.05) is 38.7 Å². The Labute approximate surface area is 306 Å². The van der Waals surface area contributed by atoms with Crippen LogP contribution in [0, 0.1) is 5.92 Å². The minimum atomic E-state index is -0.219. The molecule has 0 aliphatic carbocycles. The average molecular weight is 695 g/mol. The first-order valence-corrected chi connectivity index (χ1v) is 18.1. The highest BCUT2D eigenvalue weighted by Crippen LogP contribution is 2.42. The maximum Gasteiger partial charge on any atom is 0.205 e. The van der Waals surface area contributed by atoms with E-state index in [9.17, 15) is 4.79 Å². The van der Waals surface area contributed by atoms with Crippen LogP contribution in [0.4, 0.5) is 5.69 Å². The molecule has 0 N–H and O–H groups in total. The molecule has 52 heavy (non-hydrogen) atoms. The van der Waals surface area contributed by atoms with E-state index in [0.717, 1.165) is 54.5 Å². The van der Waals surface area contributed by atoms with E-state index in [4.69, 9.17) is 18.6 Å². The van der Waals surface area contributed by atoms with E-state index >= 15 is 0 Å². The largest absolute Gasteiger partial charge is 0.490 e. The molecule has 7 heteroatoms. The maximum absolute atomic E-state index is 13.8. The van der Waals surface area contributed by atoms with Crippen molar-refractivity contribution < 1.29 is 18.6 Å². The molecule has 1 aliphatic heterocycles. The number of fused-ring (bicyclic) bond motifs is 1. The molecule has 1 aromatic heterocycles. The first-order valence-electron chi connectivity index (χ1n) is 18.1. The third kappa shape index (κ3) is 8.49. The lowest BCUT2D eigenvalue weighted by atomic mass is 9.93. The van der Waals surface area contributed by atoms with Crippen LogP contribution in [-0.4, -0.2) is 38.7 Å². The molecule has 5 aromatic carbocycles. The van der Waals surface area contributed by atoms with Crippen LogP contribution in [0.25, 0.3) is 22.3 Å². The fourth-order valence-corrected chi connectivity index (χ4v) is 6.94. The summed E-state index contributed by atoms with van der Waals surface area (Å²) < 4.78 is 24.9. The van der Waals surface area contributed by atoms with Crippen LogP contribution in [-0.2, 0) is 19.8 Å². The standard InChI is InChI=1S/C45H46N2O5/c1-46(25-22-33-23-26-47(27-24-33)30-34-12-6-3-7-13-34)38-20-18-37(19-21-38)40-28-39(48)43-41(50-31-35-14-8-4-9-15-35)29-42(44(49-2)45(43)52-40)51-32-36-16-10-5-11-17-36/h3-21,28-29,33H,22-27,30-32H2,1-2H3. The second-order valence-electron chi connectivity index (χ2n) is 13.6. The van der Waals surface area contributed by atoms with Crippen molar-refractivity contribution in [3.63, 3.8) is 0 Å². The molecule has 0 amide bonds. The Morgan fingerprint density at radius 2 is 1.31 bits per heavy atom. The lowest BCUT2D eigenvalue weighted by molar-refractivity contribution is 0.173. The zero-order valence-electron chi connectivity index (χ0n) is 30.0. The summed E-state index contributed by atoms with van der Waals surface area (Å²) in [6.07, 6.45) is 3.64. The number of benzene rings is 5. The minimum Gasteiger partial charge on any atom is -0.490 e. The van der Waals surface area contributed by atoms with E-state index < -0.39 is 0 Å². The molecule has 0 spiro atoms. The summed E-state index contributed by atoms with van der Waals surface area (Å²) in [5.74, 6) is 2.34. The number of hydrogen-bond donors (Lipinski definition) is 0. The molecule has 7 rings (SSSR count). The molecule has 0 atom stereocenters. The number of anilines is 1. The van der Waals surface area contributed by atoms with Crippen molar-refractivity contribution >= 4 is 16.7 Å². The Kier molecular flexibility index (Phi) is 11.2. The average Bonchev–Trinajstić information content (AvgIpc) is 3.19. The van der Waals surface area contributed by atoms with Crippen molar-refractivity contribution in [2.45, 2.75) is 39.0 Å². The molecule has 7 nitrogen and oxygen atoms in total. The van der Waals surface area contributed by atoms with Gasteiger partial charge < -0.3 is 23.5 Å². The number of hydrogen-bond acceptors (Lipinski definition) is 7. The molecule has 0 unspecified atom stereocenters. The van der Waals surface area contributed by atoms with Gasteiger partial charge >= 0.3 is 0 Å². The summed E-state index contributed by atoms with van der Waals surface area (Å²) in [4.78, 5) is 18.7. The first kappa shape index (κ1) is 34.9. The van der Waals surface area contributed by atoms with Crippen LogP contribution in [0.15, 0.2) is 137 Å². The van der Waals surface area contributed by atoms with Gasteiger partial charge in [-0.05, 0) is 79.2 Å². The molecule has 1 saturated heterocycles. The van der Waals surface area contributed by atoms with Crippen LogP contribution in [0.1, 0.15) is 36.0 Å². The van der Waals surface area contributed by atoms with Gasteiger partial charge in [0.25, 0.3) is 0 Å². The summed E-state index contributed by atoms with van der Waals surface area (Å²) in [6.45, 7) is 4.93. The summed E-state index contributed by atoms with van der Waals surface area (Å²) in [5.41, 5.74) is 5.36. The van der Waals surface area contributed by atoms with Gasteiger partial charge in [0.1, 0.15) is 30.1 Å². The summed E-state index contributed by atoms with van der Waals surface area (Å²) in [5, 5.41) is 0.311. The van der Waals surface area contributed by atoms with Gasteiger partial charge in [-0.2, -0.15) is 0 Å². The van der Waals surface area contributed by atoms with Crippen LogP contribution in [0.3, 0.4) is 0 Å². The molecule has 0 radical (unpaired) electrons. The highest BCUT2D eigenvalue weighted by atomic mass is 16.5. The maximum atomic E-state index is 13.8. The molecule has 0 bridgehead atoms. The highest BCUT2D eigenvalue weighted by Gasteiger charge is 2.23. The molecule has 2 heterocycles. The van der Waals surface area contributed by atoms with Gasteiger partial charge in [-0.3, -0.25) is 9.69 Å². The van der Waals surface area contributed by atoms with Crippen LogP contribution in [0.5, 0.6) is 17.2 Å². The molecule has 1 fully saturated rings. The zero-order chi connectivity index (χ0) is 35.7. The predicted octanol–water partition coefficient (Wildman–Crippen LogP) is 9.37. The van der Waals surface area contributed by atoms with Gasteiger partial charge in [0.15, 0.2) is 16.8 Å². The molecular formula is C45H46N2O5. The SMILES string of the molecule is COc1c(OCc2ccccc2)cc(OCc2ccccc2)c2c(=O)cc(-c3ccc(N(C)CCC4CCN(Cc5ccccc5)CC4)cc3)oc12. The second-order valence-corrected chi connectivity index (χ2v) is 13.6. The van der Waals surface area contributed by atoms with E-state index in [0.29, 0.717) is 35.0 Å². The smallest absolute Gasteiger partial charge is 0.205 e. The van der Waals surface area contributed by atoms with E-state index in [-0.39, 0.29) is 17.6 Å². The van der Waals surface area contributed by atoms with E-state index in [1.807, 2.05) is 72.8 Å². The monoisotopic (exact) mass is 694 g/mol. The third-order valence-electron chi connectivity index (χ3n) is 9.99. The van der Waals surface area contributed by atoms with Gasteiger partial charge in [-0.1, -0.05) is 91.0 Å². The molecule has 0 saturated carbocycles. The fourth-order valence-electron chi connectivity index (χ4n) is 6.94. The van der Waals surface area contributed by atoms with Crippen molar-refractivity contribution in [1.29, 1.82) is 0 Å². The highest BCUT2D eigenvalue weighted by molar-refractivity contribution is 5.92. The predicted molar refractivity (Wildman–Crippen MR) is 208 cm³/mol. The van der Waals surface area contributed by atoms with Crippen molar-refractivity contribution in [1.82, 2.24) is 4.90 Å². The van der Waals surface area contributed by atoms with Gasteiger partial charge in [-0.25, -0.2) is 0 Å².